The molecule has 6 N–H and O–H groups in total. The number of nitrogens with one attached hydrogen (secondary N) is 6. The lowest BCUT2D eigenvalue weighted by Crippen LogP contribution is -2.50. The van der Waals surface area contributed by atoms with Crippen molar-refractivity contribution in [1.82, 2.24) is 36.8 Å². The van der Waals surface area contributed by atoms with Gasteiger partial charge in [-0.2, -0.15) is 11.8 Å². The first-order valence-electron chi connectivity index (χ1n) is 16.4. The number of rotatable bonds is 18. The van der Waals surface area contributed by atoms with Gasteiger partial charge in [-0.1, -0.05) is 12.5 Å². The molecule has 5 atom stereocenters. The van der Waals surface area contributed by atoms with Crippen LogP contribution in [0.4, 0.5) is 9.18 Å². The first-order chi connectivity index (χ1) is 22.2. The topological polar surface area (TPSA) is 153 Å². The molecule has 1 saturated carbocycles. The summed E-state index contributed by atoms with van der Waals surface area (Å²) in [5, 5.41) is 18.7. The number of benzene rings is 1. The van der Waals surface area contributed by atoms with Crippen molar-refractivity contribution in [3.63, 3.8) is 0 Å². The third-order valence-corrected chi connectivity index (χ3v) is 10.6. The molecule has 3 aliphatic rings. The lowest BCUT2D eigenvalue weighted by Gasteiger charge is -2.26. The third-order valence-electron chi connectivity index (χ3n) is 9.12. The van der Waals surface area contributed by atoms with Gasteiger partial charge < -0.3 is 41.5 Å². The maximum atomic E-state index is 13.5. The highest BCUT2D eigenvalue weighted by molar-refractivity contribution is 8.00. The summed E-state index contributed by atoms with van der Waals surface area (Å²) < 4.78 is 19.0. The van der Waals surface area contributed by atoms with Crippen LogP contribution >= 0.6 is 11.8 Å². The first-order valence-corrected chi connectivity index (χ1v) is 17.4. The number of nitrogens with zero attached hydrogens (tertiary/aromatic N) is 1. The lowest BCUT2D eigenvalue weighted by molar-refractivity contribution is -0.131. The molecule has 0 bridgehead atoms. The van der Waals surface area contributed by atoms with Gasteiger partial charge in [-0.05, 0) is 69.3 Å². The van der Waals surface area contributed by atoms with Crippen LogP contribution in [0.15, 0.2) is 18.2 Å². The maximum absolute atomic E-state index is 13.5. The van der Waals surface area contributed by atoms with Crippen LogP contribution in [0.1, 0.15) is 63.0 Å². The minimum atomic E-state index is -0.377. The number of halogens is 1. The quantitative estimate of drug-likeness (QED) is 0.102. The van der Waals surface area contributed by atoms with Crippen LogP contribution in [-0.4, -0.2) is 104 Å². The summed E-state index contributed by atoms with van der Waals surface area (Å²) in [6.07, 6.45) is 6.37. The summed E-state index contributed by atoms with van der Waals surface area (Å²) in [5.74, 6) is 0.606. The summed E-state index contributed by atoms with van der Waals surface area (Å²) in [5.41, 5.74) is 1.47. The lowest BCUT2D eigenvalue weighted by atomic mass is 10.0. The molecular weight excluding hydrogens is 613 g/mol. The number of hydrogen-bond donors (Lipinski definition) is 6. The standard InChI is InChI=1S/C32H50FN7O5S/c1-32(10-9-25(16-32)37-17-29(43)40-18-22-7-8-24(33)15-23(22)19-40)39-31(44)36-12-14-45-13-11-35-28(42)6-4-3-5-27-30(34-2)26(20-46-27)38-21-41/h7-8,15,21,25-27,30,34,37H,3-6,9-14,16-20H2,1-2H3,(H,35,42)(H,38,41)(H2,36,39,44). The van der Waals surface area contributed by atoms with Crippen LogP contribution in [0.3, 0.4) is 0 Å². The number of urea groups is 1. The molecule has 256 valence electrons. The Morgan fingerprint density at radius 1 is 1.13 bits per heavy atom. The Bertz CT molecular complexity index is 1200. The third kappa shape index (κ3) is 10.8. The number of carbonyl (C=O) groups is 4. The Labute approximate surface area is 275 Å². The minimum absolute atomic E-state index is 0.00566. The average molecular weight is 664 g/mol. The van der Waals surface area contributed by atoms with Gasteiger partial charge in [-0.15, -0.1) is 0 Å². The Hall–Kier alpha value is -2.94. The van der Waals surface area contributed by atoms with E-state index in [1.165, 1.54) is 12.1 Å². The summed E-state index contributed by atoms with van der Waals surface area (Å²) >= 11 is 1.87. The smallest absolute Gasteiger partial charge is 0.315 e. The maximum Gasteiger partial charge on any atom is 0.315 e. The van der Waals surface area contributed by atoms with E-state index in [1.54, 1.807) is 11.0 Å². The number of ether oxygens (including phenoxy) is 1. The Kier molecular flexibility index (Phi) is 13.9. The second-order valence-corrected chi connectivity index (χ2v) is 14.0. The van der Waals surface area contributed by atoms with Crippen LogP contribution in [0, 0.1) is 5.82 Å². The van der Waals surface area contributed by atoms with E-state index in [-0.39, 0.29) is 53.9 Å². The molecule has 46 heavy (non-hydrogen) atoms. The van der Waals surface area contributed by atoms with Crippen LogP contribution in [-0.2, 0) is 32.2 Å². The molecule has 5 amide bonds. The van der Waals surface area contributed by atoms with Crippen molar-refractivity contribution in [2.45, 2.75) is 93.9 Å². The molecule has 1 aromatic carbocycles. The van der Waals surface area contributed by atoms with Gasteiger partial charge in [0.1, 0.15) is 5.82 Å². The molecule has 12 nitrogen and oxygen atoms in total. The highest BCUT2D eigenvalue weighted by atomic mass is 32.2. The van der Waals surface area contributed by atoms with Crippen LogP contribution in [0.25, 0.3) is 0 Å². The molecule has 0 radical (unpaired) electrons. The van der Waals surface area contributed by atoms with E-state index >= 15 is 0 Å². The summed E-state index contributed by atoms with van der Waals surface area (Å²) in [6, 6.07) is 4.92. The molecule has 5 unspecified atom stereocenters. The minimum Gasteiger partial charge on any atom is -0.378 e. The molecule has 2 fully saturated rings. The predicted octanol–water partition coefficient (Wildman–Crippen LogP) is 1.38. The Morgan fingerprint density at radius 3 is 2.70 bits per heavy atom. The predicted molar refractivity (Wildman–Crippen MR) is 176 cm³/mol. The van der Waals surface area contributed by atoms with Crippen LogP contribution in [0.2, 0.25) is 0 Å². The zero-order valence-electron chi connectivity index (χ0n) is 27.0. The van der Waals surface area contributed by atoms with E-state index < -0.39 is 0 Å². The molecular formula is C32H50FN7O5S. The fourth-order valence-corrected chi connectivity index (χ4v) is 8.26. The van der Waals surface area contributed by atoms with E-state index in [0.717, 1.165) is 55.4 Å². The Morgan fingerprint density at radius 2 is 1.91 bits per heavy atom. The van der Waals surface area contributed by atoms with Crippen LogP contribution < -0.4 is 31.9 Å². The van der Waals surface area contributed by atoms with Crippen molar-refractivity contribution in [3.05, 3.63) is 35.1 Å². The molecule has 1 aliphatic carbocycles. The van der Waals surface area contributed by atoms with Crippen molar-refractivity contribution in [1.29, 1.82) is 0 Å². The van der Waals surface area contributed by atoms with Crippen molar-refractivity contribution in [3.8, 4) is 0 Å². The van der Waals surface area contributed by atoms with Gasteiger partial charge in [-0.25, -0.2) is 9.18 Å². The van der Waals surface area contributed by atoms with E-state index in [9.17, 15) is 23.6 Å². The van der Waals surface area contributed by atoms with E-state index in [2.05, 4.69) is 31.9 Å². The molecule has 1 aromatic rings. The molecule has 4 rings (SSSR count). The zero-order valence-corrected chi connectivity index (χ0v) is 27.8. The summed E-state index contributed by atoms with van der Waals surface area (Å²) in [6.45, 7) is 4.63. The highest BCUT2D eigenvalue weighted by Crippen LogP contribution is 2.31. The number of likely N-dealkylation sites (N-methyl/N-ethyl adjacent to an activating group) is 1. The highest BCUT2D eigenvalue weighted by Gasteiger charge is 2.37. The average Bonchev–Trinajstić information content (AvgIpc) is 3.74. The monoisotopic (exact) mass is 663 g/mol. The van der Waals surface area contributed by atoms with E-state index in [4.69, 9.17) is 4.74 Å². The van der Waals surface area contributed by atoms with E-state index in [1.807, 2.05) is 25.7 Å². The van der Waals surface area contributed by atoms with Gasteiger partial charge in [-0.3, -0.25) is 14.4 Å². The van der Waals surface area contributed by atoms with Gasteiger partial charge in [0.25, 0.3) is 0 Å². The van der Waals surface area contributed by atoms with Crippen molar-refractivity contribution >= 4 is 36.0 Å². The number of amides is 5. The normalized spacial score (nSPS) is 25.2. The van der Waals surface area contributed by atoms with Gasteiger partial charge in [0.2, 0.25) is 18.2 Å². The zero-order chi connectivity index (χ0) is 32.9. The van der Waals surface area contributed by atoms with Gasteiger partial charge in [0, 0.05) is 61.2 Å². The van der Waals surface area contributed by atoms with Gasteiger partial charge in [0.15, 0.2) is 0 Å². The van der Waals surface area contributed by atoms with E-state index in [0.29, 0.717) is 57.5 Å². The fourth-order valence-electron chi connectivity index (χ4n) is 6.63. The number of hydrogen-bond acceptors (Lipinski definition) is 8. The molecule has 0 spiro atoms. The molecule has 2 aliphatic heterocycles. The number of thioether (sulfide) groups is 1. The summed E-state index contributed by atoms with van der Waals surface area (Å²) in [7, 11) is 1.92. The number of unbranched alkanes of at least 4 members (excludes halogenated alkanes) is 1. The largest absolute Gasteiger partial charge is 0.378 e. The summed E-state index contributed by atoms with van der Waals surface area (Å²) in [4.78, 5) is 49.9. The molecule has 2 heterocycles. The second kappa shape index (κ2) is 17.8. The molecule has 0 aromatic heterocycles. The first kappa shape index (κ1) is 35.9. The molecule has 1 saturated heterocycles. The second-order valence-electron chi connectivity index (χ2n) is 12.7. The van der Waals surface area contributed by atoms with Crippen LogP contribution in [0.5, 0.6) is 0 Å². The number of carbonyl (C=O) groups excluding carboxylic acids is 4. The SMILES string of the molecule is CNC1C(NC=O)CSC1CCCCC(=O)NCCOCCNC(=O)NC1(C)CCC(NCC(=O)N2Cc3ccc(F)cc3C2)C1. The van der Waals surface area contributed by atoms with Crippen molar-refractivity contribution < 1.29 is 28.3 Å². The molecule has 14 heteroatoms. The Balaban J connectivity index is 0.979. The van der Waals surface area contributed by atoms with Crippen molar-refractivity contribution in [2.75, 3.05) is 45.6 Å². The van der Waals surface area contributed by atoms with Gasteiger partial charge in [0.05, 0.1) is 25.8 Å². The van der Waals surface area contributed by atoms with Gasteiger partial charge >= 0.3 is 6.03 Å². The number of fused-ring (bicyclic) bond motifs is 1. The van der Waals surface area contributed by atoms with Crippen molar-refractivity contribution in [2.24, 2.45) is 0 Å². The fraction of sp³-hybridized carbons (Fsp3) is 0.688.